The molecule has 8 nitrogen and oxygen atoms in total. The Hall–Kier alpha value is -2.41. The molecule has 0 aliphatic rings. The summed E-state index contributed by atoms with van der Waals surface area (Å²) < 4.78 is 6.43. The van der Waals surface area contributed by atoms with E-state index in [0.29, 0.717) is 15.4 Å². The minimum absolute atomic E-state index is 0.0233. The van der Waals surface area contributed by atoms with Crippen LogP contribution >= 0.6 is 55.4 Å². The van der Waals surface area contributed by atoms with Crippen LogP contribution in [-0.2, 0) is 0 Å². The van der Waals surface area contributed by atoms with Crippen LogP contribution in [0, 0.1) is 10.1 Å². The summed E-state index contributed by atoms with van der Waals surface area (Å²) in [6.07, 6.45) is 0. The molecule has 0 radical (unpaired) electrons. The van der Waals surface area contributed by atoms with Crippen molar-refractivity contribution in [2.75, 3.05) is 12.4 Å². The van der Waals surface area contributed by atoms with E-state index in [1.165, 1.54) is 29.5 Å². The first kappa shape index (κ1) is 22.3. The lowest BCUT2D eigenvalue weighted by molar-refractivity contribution is -0.384. The second kappa shape index (κ2) is 9.60. The second-order valence-corrected chi connectivity index (χ2v) is 8.69. The average molecular weight is 572 g/mol. The summed E-state index contributed by atoms with van der Waals surface area (Å²) in [5.74, 6) is 0.127. The van der Waals surface area contributed by atoms with E-state index in [1.54, 1.807) is 7.11 Å². The van der Waals surface area contributed by atoms with Gasteiger partial charge in [0.05, 0.1) is 27.8 Å². The van der Waals surface area contributed by atoms with Crippen LogP contribution in [0.25, 0.3) is 11.3 Å². The molecule has 30 heavy (non-hydrogen) atoms. The Morgan fingerprint density at radius 3 is 2.67 bits per heavy atom. The number of nitrogens with one attached hydrogen (secondary N) is 2. The first-order valence-electron chi connectivity index (χ1n) is 8.14. The summed E-state index contributed by atoms with van der Waals surface area (Å²) in [5, 5.41) is 18.6. The number of carbonyl (C=O) groups is 1. The van der Waals surface area contributed by atoms with Crippen molar-refractivity contribution >= 4 is 77.3 Å². The van der Waals surface area contributed by atoms with Gasteiger partial charge in [0.15, 0.2) is 10.2 Å². The second-order valence-electron chi connectivity index (χ2n) is 5.72. The summed E-state index contributed by atoms with van der Waals surface area (Å²) in [6, 6.07) is 9.49. The number of benzene rings is 2. The lowest BCUT2D eigenvalue weighted by atomic mass is 10.2. The van der Waals surface area contributed by atoms with E-state index in [0.717, 1.165) is 15.7 Å². The molecule has 3 aromatic rings. The largest absolute Gasteiger partial charge is 0.496 e. The van der Waals surface area contributed by atoms with Gasteiger partial charge in [0, 0.05) is 27.5 Å². The Morgan fingerprint density at radius 1 is 1.23 bits per heavy atom. The van der Waals surface area contributed by atoms with Gasteiger partial charge in [-0.3, -0.25) is 20.2 Å². The molecule has 0 saturated carbocycles. The monoisotopic (exact) mass is 570 g/mol. The molecule has 0 unspecified atom stereocenters. The van der Waals surface area contributed by atoms with Crippen LogP contribution in [0.1, 0.15) is 10.4 Å². The minimum Gasteiger partial charge on any atom is -0.496 e. The number of hydrogen-bond acceptors (Lipinski definition) is 7. The van der Waals surface area contributed by atoms with E-state index in [-0.39, 0.29) is 16.4 Å². The van der Waals surface area contributed by atoms with Gasteiger partial charge in [-0.05, 0) is 68.3 Å². The number of rotatable bonds is 5. The molecule has 0 aliphatic carbocycles. The Morgan fingerprint density at radius 2 is 2.00 bits per heavy atom. The van der Waals surface area contributed by atoms with E-state index in [2.05, 4.69) is 47.5 Å². The Bertz CT molecular complexity index is 1150. The first-order chi connectivity index (χ1) is 14.3. The van der Waals surface area contributed by atoms with Crippen LogP contribution in [0.3, 0.4) is 0 Å². The van der Waals surface area contributed by atoms with Crippen molar-refractivity contribution in [1.29, 1.82) is 0 Å². The molecule has 3 rings (SSSR count). The minimum atomic E-state index is -0.584. The van der Waals surface area contributed by atoms with Crippen LogP contribution in [-0.4, -0.2) is 28.0 Å². The molecule has 0 atom stereocenters. The maximum absolute atomic E-state index is 12.4. The predicted molar refractivity (Wildman–Crippen MR) is 126 cm³/mol. The van der Waals surface area contributed by atoms with Crippen molar-refractivity contribution in [3.05, 3.63) is 66.4 Å². The molecule has 1 heterocycles. The summed E-state index contributed by atoms with van der Waals surface area (Å²) in [7, 11) is 1.59. The number of methoxy groups -OCH3 is 1. The number of nitro groups is 1. The third-order valence-electron chi connectivity index (χ3n) is 3.80. The number of nitrogens with zero attached hydrogens (tertiary/aromatic N) is 2. The van der Waals surface area contributed by atoms with E-state index < -0.39 is 10.8 Å². The predicted octanol–water partition coefficient (Wildman–Crippen LogP) is 5.38. The maximum atomic E-state index is 12.4. The Kier molecular flexibility index (Phi) is 7.13. The van der Waals surface area contributed by atoms with Crippen LogP contribution in [0.4, 0.5) is 10.8 Å². The summed E-state index contributed by atoms with van der Waals surface area (Å²) >= 11 is 13.1. The molecule has 154 valence electrons. The number of non-ortho nitro benzene ring substituents is 1. The normalized spacial score (nSPS) is 10.4. The zero-order valence-corrected chi connectivity index (χ0v) is 19.9. The maximum Gasteiger partial charge on any atom is 0.270 e. The molecule has 0 saturated heterocycles. The third-order valence-corrected chi connectivity index (χ3v) is 6.08. The zero-order chi connectivity index (χ0) is 21.8. The quantitative estimate of drug-likeness (QED) is 0.240. The number of thiazole rings is 1. The Balaban J connectivity index is 1.69. The van der Waals surface area contributed by atoms with Gasteiger partial charge in [0.2, 0.25) is 0 Å². The van der Waals surface area contributed by atoms with E-state index in [9.17, 15) is 14.9 Å². The zero-order valence-electron chi connectivity index (χ0n) is 15.1. The first-order valence-corrected chi connectivity index (χ1v) is 11.0. The molecule has 0 fully saturated rings. The molecule has 1 amide bonds. The molecule has 0 bridgehead atoms. The third kappa shape index (κ3) is 5.19. The number of carbonyl (C=O) groups excluding carboxylic acids is 1. The fourth-order valence-corrected chi connectivity index (χ4v) is 4.33. The molecule has 12 heteroatoms. The van der Waals surface area contributed by atoms with Crippen LogP contribution in [0.15, 0.2) is 50.7 Å². The highest BCUT2D eigenvalue weighted by molar-refractivity contribution is 9.10. The van der Waals surface area contributed by atoms with Crippen LogP contribution in [0.5, 0.6) is 5.75 Å². The highest BCUT2D eigenvalue weighted by Crippen LogP contribution is 2.32. The van der Waals surface area contributed by atoms with Gasteiger partial charge >= 0.3 is 0 Å². The standard InChI is InChI=1S/C18H12Br2N4O4S2/c1-28-15-5-2-9(6-13(15)20)14-8-30-18(21-14)23-17(29)22-16(25)11-7-10(24(26)27)3-4-12(11)19/h2-8H,1H3,(H2,21,22,23,25,29). The topological polar surface area (TPSA) is 106 Å². The van der Waals surface area contributed by atoms with Gasteiger partial charge in [0.1, 0.15) is 5.75 Å². The molecule has 1 aromatic heterocycles. The lowest BCUT2D eigenvalue weighted by Crippen LogP contribution is -2.34. The van der Waals surface area contributed by atoms with E-state index in [4.69, 9.17) is 17.0 Å². The summed E-state index contributed by atoms with van der Waals surface area (Å²) in [6.45, 7) is 0. The van der Waals surface area contributed by atoms with Gasteiger partial charge in [0.25, 0.3) is 11.6 Å². The number of halogens is 2. The number of anilines is 1. The van der Waals surface area contributed by atoms with E-state index in [1.807, 2.05) is 23.6 Å². The van der Waals surface area contributed by atoms with Gasteiger partial charge in [-0.2, -0.15) is 0 Å². The summed E-state index contributed by atoms with van der Waals surface area (Å²) in [5.41, 5.74) is 1.50. The number of aromatic nitrogens is 1. The fourth-order valence-electron chi connectivity index (χ4n) is 2.39. The Labute approximate surface area is 197 Å². The van der Waals surface area contributed by atoms with Crippen LogP contribution in [0.2, 0.25) is 0 Å². The number of amides is 1. The number of ether oxygens (including phenoxy) is 1. The van der Waals surface area contributed by atoms with Gasteiger partial charge in [-0.1, -0.05) is 0 Å². The average Bonchev–Trinajstić information content (AvgIpc) is 3.16. The van der Waals surface area contributed by atoms with Gasteiger partial charge < -0.3 is 10.1 Å². The molecule has 2 N–H and O–H groups in total. The van der Waals surface area contributed by atoms with E-state index >= 15 is 0 Å². The molecule has 0 spiro atoms. The van der Waals surface area contributed by atoms with Gasteiger partial charge in [-0.25, -0.2) is 4.98 Å². The molecule has 2 aromatic carbocycles. The fraction of sp³-hybridized carbons (Fsp3) is 0.0556. The van der Waals surface area contributed by atoms with Crippen LogP contribution < -0.4 is 15.4 Å². The molecular weight excluding hydrogens is 560 g/mol. The SMILES string of the molecule is COc1ccc(-c2csc(NC(=S)NC(=O)c3cc([N+](=O)[O-])ccc3Br)n2)cc1Br. The van der Waals surface area contributed by atoms with Crippen molar-refractivity contribution in [2.45, 2.75) is 0 Å². The lowest BCUT2D eigenvalue weighted by Gasteiger charge is -2.08. The highest BCUT2D eigenvalue weighted by atomic mass is 79.9. The van der Waals surface area contributed by atoms with Crippen molar-refractivity contribution in [3.63, 3.8) is 0 Å². The van der Waals surface area contributed by atoms with Crippen molar-refractivity contribution in [2.24, 2.45) is 0 Å². The summed E-state index contributed by atoms with van der Waals surface area (Å²) in [4.78, 5) is 27.3. The molecular formula is C18H12Br2N4O4S2. The van der Waals surface area contributed by atoms with Crippen molar-refractivity contribution in [1.82, 2.24) is 10.3 Å². The van der Waals surface area contributed by atoms with Gasteiger partial charge in [-0.15, -0.1) is 11.3 Å². The van der Waals surface area contributed by atoms with Crippen molar-refractivity contribution < 1.29 is 14.5 Å². The number of hydrogen-bond donors (Lipinski definition) is 2. The number of nitro benzene ring substituents is 1. The molecule has 0 aliphatic heterocycles. The highest BCUT2D eigenvalue weighted by Gasteiger charge is 2.17. The van der Waals surface area contributed by atoms with Crippen molar-refractivity contribution in [3.8, 4) is 17.0 Å². The smallest absolute Gasteiger partial charge is 0.270 e. The number of thiocarbonyl (C=S) groups is 1.